The lowest BCUT2D eigenvalue weighted by Crippen LogP contribution is -2.47. The Kier molecular flexibility index (Phi) is 5.19. The first kappa shape index (κ1) is 14.3. The zero-order valence-electron chi connectivity index (χ0n) is 11.8. The Labute approximate surface area is 115 Å². The van der Waals surface area contributed by atoms with Gasteiger partial charge in [0.25, 0.3) is 0 Å². The van der Waals surface area contributed by atoms with Crippen molar-refractivity contribution >= 4 is 5.69 Å². The molecule has 0 bridgehead atoms. The van der Waals surface area contributed by atoms with Crippen molar-refractivity contribution in [3.8, 4) is 0 Å². The topological polar surface area (TPSA) is 47.7 Å². The van der Waals surface area contributed by atoms with Crippen LogP contribution in [-0.2, 0) is 16.1 Å². The summed E-state index contributed by atoms with van der Waals surface area (Å²) < 4.78 is 11.5. The van der Waals surface area contributed by atoms with Crippen LogP contribution in [0.1, 0.15) is 19.4 Å². The van der Waals surface area contributed by atoms with E-state index in [4.69, 9.17) is 15.2 Å². The molecule has 0 radical (unpaired) electrons. The van der Waals surface area contributed by atoms with Gasteiger partial charge in [0.1, 0.15) is 0 Å². The summed E-state index contributed by atoms with van der Waals surface area (Å²) >= 11 is 0. The fourth-order valence-corrected chi connectivity index (χ4v) is 2.23. The number of nitrogens with two attached hydrogens (primary N) is 1. The summed E-state index contributed by atoms with van der Waals surface area (Å²) in [6.07, 6.45) is 0.185. The second-order valence-electron chi connectivity index (χ2n) is 5.34. The average Bonchev–Trinajstić information content (AvgIpc) is 2.41. The minimum atomic E-state index is 0.185. The van der Waals surface area contributed by atoms with E-state index in [0.29, 0.717) is 19.3 Å². The summed E-state index contributed by atoms with van der Waals surface area (Å²) in [5.74, 6) is 0. The number of benzene rings is 1. The second-order valence-corrected chi connectivity index (χ2v) is 5.34. The maximum Gasteiger partial charge on any atom is 0.0935 e. The molecule has 0 amide bonds. The third-order valence-electron chi connectivity index (χ3n) is 3.45. The molecule has 0 spiro atoms. The van der Waals surface area contributed by atoms with Gasteiger partial charge in [-0.15, -0.1) is 0 Å². The van der Waals surface area contributed by atoms with Crippen molar-refractivity contribution in [3.63, 3.8) is 0 Å². The molecular weight excluding hydrogens is 240 g/mol. The zero-order valence-corrected chi connectivity index (χ0v) is 11.8. The first-order valence-corrected chi connectivity index (χ1v) is 6.93. The van der Waals surface area contributed by atoms with Crippen molar-refractivity contribution in [2.24, 2.45) is 0 Å². The monoisotopic (exact) mass is 264 g/mol. The molecule has 2 rings (SSSR count). The molecule has 2 N–H and O–H groups in total. The molecule has 19 heavy (non-hydrogen) atoms. The SMILES string of the molecule is CC(C)N1CCOC(COCc2ccc(N)cc2)C1. The summed E-state index contributed by atoms with van der Waals surface area (Å²) in [6, 6.07) is 8.37. The van der Waals surface area contributed by atoms with Gasteiger partial charge in [0.15, 0.2) is 0 Å². The van der Waals surface area contributed by atoms with Gasteiger partial charge in [0.2, 0.25) is 0 Å². The standard InChI is InChI=1S/C15H24N2O2/c1-12(2)17-7-8-19-15(9-17)11-18-10-13-3-5-14(16)6-4-13/h3-6,12,15H,7-11,16H2,1-2H3. The molecule has 4 heteroatoms. The van der Waals surface area contributed by atoms with Gasteiger partial charge in [0, 0.05) is 24.8 Å². The van der Waals surface area contributed by atoms with Gasteiger partial charge < -0.3 is 15.2 Å². The van der Waals surface area contributed by atoms with Crippen molar-refractivity contribution in [1.29, 1.82) is 0 Å². The predicted octanol–water partition coefficient (Wildman–Crippen LogP) is 1.89. The van der Waals surface area contributed by atoms with Crippen LogP contribution in [0.2, 0.25) is 0 Å². The van der Waals surface area contributed by atoms with E-state index in [-0.39, 0.29) is 6.10 Å². The number of hydrogen-bond donors (Lipinski definition) is 1. The van der Waals surface area contributed by atoms with Crippen molar-refractivity contribution in [1.82, 2.24) is 4.90 Å². The number of anilines is 1. The third-order valence-corrected chi connectivity index (χ3v) is 3.45. The van der Waals surface area contributed by atoms with Crippen LogP contribution in [0.4, 0.5) is 5.69 Å². The van der Waals surface area contributed by atoms with Crippen LogP contribution in [0.3, 0.4) is 0 Å². The molecule has 1 saturated heterocycles. The summed E-state index contributed by atoms with van der Waals surface area (Å²) in [7, 11) is 0. The largest absolute Gasteiger partial charge is 0.399 e. The van der Waals surface area contributed by atoms with Gasteiger partial charge in [0.05, 0.1) is 25.9 Å². The highest BCUT2D eigenvalue weighted by Gasteiger charge is 2.22. The fourth-order valence-electron chi connectivity index (χ4n) is 2.23. The van der Waals surface area contributed by atoms with Crippen molar-refractivity contribution < 1.29 is 9.47 Å². The molecule has 1 fully saturated rings. The lowest BCUT2D eigenvalue weighted by molar-refractivity contribution is -0.0787. The number of morpholine rings is 1. The van der Waals surface area contributed by atoms with Gasteiger partial charge in [-0.1, -0.05) is 12.1 Å². The third kappa shape index (κ3) is 4.49. The summed E-state index contributed by atoms with van der Waals surface area (Å²) in [6.45, 7) is 8.48. The molecule has 0 saturated carbocycles. The number of rotatable bonds is 5. The predicted molar refractivity (Wildman–Crippen MR) is 77.0 cm³/mol. The summed E-state index contributed by atoms with van der Waals surface area (Å²) in [5.41, 5.74) is 7.58. The Morgan fingerprint density at radius 3 is 2.79 bits per heavy atom. The van der Waals surface area contributed by atoms with Crippen LogP contribution < -0.4 is 5.73 Å². The summed E-state index contributed by atoms with van der Waals surface area (Å²) in [4.78, 5) is 2.43. The number of nitrogens with zero attached hydrogens (tertiary/aromatic N) is 1. The molecule has 1 aliphatic rings. The van der Waals surface area contributed by atoms with Crippen molar-refractivity contribution in [2.75, 3.05) is 32.0 Å². The maximum absolute atomic E-state index is 5.73. The maximum atomic E-state index is 5.73. The molecule has 0 aliphatic carbocycles. The van der Waals surface area contributed by atoms with Gasteiger partial charge in [-0.05, 0) is 31.5 Å². The Balaban J connectivity index is 1.72. The van der Waals surface area contributed by atoms with E-state index in [1.54, 1.807) is 0 Å². The minimum absolute atomic E-state index is 0.185. The highest BCUT2D eigenvalue weighted by molar-refractivity contribution is 5.39. The van der Waals surface area contributed by atoms with Crippen molar-refractivity contribution in [3.05, 3.63) is 29.8 Å². The number of hydrogen-bond acceptors (Lipinski definition) is 4. The number of ether oxygens (including phenoxy) is 2. The molecule has 1 unspecified atom stereocenters. The van der Waals surface area contributed by atoms with Gasteiger partial charge in [-0.25, -0.2) is 0 Å². The van der Waals surface area contributed by atoms with Crippen molar-refractivity contribution in [2.45, 2.75) is 32.6 Å². The van der Waals surface area contributed by atoms with Gasteiger partial charge >= 0.3 is 0 Å². The van der Waals surface area contributed by atoms with Gasteiger partial charge in [-0.3, -0.25) is 4.90 Å². The smallest absolute Gasteiger partial charge is 0.0935 e. The first-order valence-electron chi connectivity index (χ1n) is 6.93. The molecule has 1 aromatic rings. The van der Waals surface area contributed by atoms with Crippen LogP contribution in [0.25, 0.3) is 0 Å². The zero-order chi connectivity index (χ0) is 13.7. The van der Waals surface area contributed by atoms with E-state index in [0.717, 1.165) is 30.9 Å². The molecule has 0 aromatic heterocycles. The van der Waals surface area contributed by atoms with Crippen LogP contribution in [0, 0.1) is 0 Å². The van der Waals surface area contributed by atoms with E-state index in [2.05, 4.69) is 18.7 Å². The summed E-state index contributed by atoms with van der Waals surface area (Å²) in [5, 5.41) is 0. The molecule has 4 nitrogen and oxygen atoms in total. The molecule has 1 aromatic carbocycles. The van der Waals surface area contributed by atoms with E-state index in [1.807, 2.05) is 24.3 Å². The van der Waals surface area contributed by atoms with E-state index in [9.17, 15) is 0 Å². The Morgan fingerprint density at radius 1 is 1.37 bits per heavy atom. The highest BCUT2D eigenvalue weighted by atomic mass is 16.5. The Morgan fingerprint density at radius 2 is 2.11 bits per heavy atom. The van der Waals surface area contributed by atoms with Crippen LogP contribution in [0.5, 0.6) is 0 Å². The number of nitrogen functional groups attached to an aromatic ring is 1. The normalized spacial score (nSPS) is 20.9. The Hall–Kier alpha value is -1.10. The van der Waals surface area contributed by atoms with Crippen LogP contribution in [0.15, 0.2) is 24.3 Å². The van der Waals surface area contributed by atoms with Crippen LogP contribution in [-0.4, -0.2) is 43.3 Å². The minimum Gasteiger partial charge on any atom is -0.399 e. The molecule has 106 valence electrons. The molecule has 1 aliphatic heterocycles. The van der Waals surface area contributed by atoms with Crippen LogP contribution >= 0.6 is 0 Å². The molecule has 1 heterocycles. The fraction of sp³-hybridized carbons (Fsp3) is 0.600. The highest BCUT2D eigenvalue weighted by Crippen LogP contribution is 2.11. The average molecular weight is 264 g/mol. The van der Waals surface area contributed by atoms with E-state index >= 15 is 0 Å². The van der Waals surface area contributed by atoms with Gasteiger partial charge in [-0.2, -0.15) is 0 Å². The lowest BCUT2D eigenvalue weighted by atomic mass is 10.2. The van der Waals surface area contributed by atoms with E-state index in [1.165, 1.54) is 0 Å². The first-order chi connectivity index (χ1) is 9.15. The quantitative estimate of drug-likeness (QED) is 0.825. The Bertz CT molecular complexity index is 378. The van der Waals surface area contributed by atoms with E-state index < -0.39 is 0 Å². The second kappa shape index (κ2) is 6.89. The molecule has 1 atom stereocenters. The lowest BCUT2D eigenvalue weighted by Gasteiger charge is -2.35. The molecular formula is C15H24N2O2.